The minimum Gasteiger partial charge on any atom is -0.388 e. The molecule has 116 valence electrons. The molecule has 6 nitrogen and oxygen atoms in total. The van der Waals surface area contributed by atoms with Crippen LogP contribution in [0.1, 0.15) is 55.9 Å². The van der Waals surface area contributed by atoms with E-state index >= 15 is 0 Å². The Morgan fingerprint density at radius 2 is 2.00 bits per heavy atom. The van der Waals surface area contributed by atoms with Crippen LogP contribution in [-0.2, 0) is 6.61 Å². The van der Waals surface area contributed by atoms with E-state index in [1.54, 1.807) is 6.92 Å². The number of carbonyl (C=O) groups is 1. The highest BCUT2D eigenvalue weighted by molar-refractivity contribution is 5.93. The van der Waals surface area contributed by atoms with Crippen LogP contribution in [0.15, 0.2) is 4.52 Å². The number of aliphatic hydroxyl groups excluding tert-OH is 1. The number of hydrogen-bond acceptors (Lipinski definition) is 5. The van der Waals surface area contributed by atoms with E-state index in [4.69, 9.17) is 9.63 Å². The van der Waals surface area contributed by atoms with Gasteiger partial charge in [0.1, 0.15) is 6.61 Å². The fraction of sp³-hybridized carbons (Fsp3) is 0.714. The highest BCUT2D eigenvalue weighted by atomic mass is 16.5. The molecule has 0 bridgehead atoms. The van der Waals surface area contributed by atoms with Gasteiger partial charge in [0, 0.05) is 17.6 Å². The summed E-state index contributed by atoms with van der Waals surface area (Å²) in [6.07, 6.45) is 0.805. The van der Waals surface area contributed by atoms with E-state index in [9.17, 15) is 4.79 Å². The Bertz CT molecular complexity index is 414. The van der Waals surface area contributed by atoms with Crippen LogP contribution in [0.5, 0.6) is 0 Å². The van der Waals surface area contributed by atoms with Crippen molar-refractivity contribution < 1.29 is 14.4 Å². The summed E-state index contributed by atoms with van der Waals surface area (Å²) in [5.41, 5.74) is 0.798. The quantitative estimate of drug-likeness (QED) is 0.739. The predicted molar refractivity (Wildman–Crippen MR) is 78.6 cm³/mol. The number of amides is 1. The van der Waals surface area contributed by atoms with Crippen molar-refractivity contribution in [2.75, 3.05) is 13.6 Å². The molecule has 0 aromatic carbocycles. The highest BCUT2D eigenvalue weighted by Crippen LogP contribution is 2.12. The number of rotatable bonds is 6. The van der Waals surface area contributed by atoms with Gasteiger partial charge < -0.3 is 20.3 Å². The lowest BCUT2D eigenvalue weighted by Crippen LogP contribution is -2.40. The second-order valence-electron chi connectivity index (χ2n) is 4.88. The smallest absolute Gasteiger partial charge is 0.273 e. The normalized spacial score (nSPS) is 10.8. The number of nitrogens with one attached hydrogen (secondary N) is 2. The van der Waals surface area contributed by atoms with Crippen LogP contribution >= 0.6 is 0 Å². The zero-order valence-corrected chi connectivity index (χ0v) is 13.3. The maximum absolute atomic E-state index is 11.8. The molecule has 0 spiro atoms. The van der Waals surface area contributed by atoms with Gasteiger partial charge in [0.2, 0.25) is 0 Å². The second kappa shape index (κ2) is 8.71. The van der Waals surface area contributed by atoms with Gasteiger partial charge in [-0.3, -0.25) is 4.79 Å². The first-order valence-corrected chi connectivity index (χ1v) is 6.94. The molecule has 0 aliphatic rings. The fourth-order valence-electron chi connectivity index (χ4n) is 1.43. The van der Waals surface area contributed by atoms with E-state index in [1.807, 2.05) is 20.9 Å². The minimum absolute atomic E-state index is 0.0254. The molecule has 0 radical (unpaired) electrons. The summed E-state index contributed by atoms with van der Waals surface area (Å²) in [6.45, 7) is 10.1. The summed E-state index contributed by atoms with van der Waals surface area (Å²) >= 11 is 0. The first kappa shape index (κ1) is 18.6. The third-order valence-corrected chi connectivity index (χ3v) is 3.09. The van der Waals surface area contributed by atoms with Crippen LogP contribution in [0.3, 0.4) is 0 Å². The van der Waals surface area contributed by atoms with Gasteiger partial charge in [-0.15, -0.1) is 0 Å². The zero-order chi connectivity index (χ0) is 15.8. The molecule has 1 rings (SSSR count). The van der Waals surface area contributed by atoms with E-state index in [0.29, 0.717) is 17.9 Å². The number of nitrogens with zero attached hydrogens (tertiary/aromatic N) is 1. The van der Waals surface area contributed by atoms with Gasteiger partial charge in [-0.2, -0.15) is 0 Å². The molecular weight excluding hydrogens is 258 g/mol. The van der Waals surface area contributed by atoms with Gasteiger partial charge >= 0.3 is 0 Å². The molecule has 1 heterocycles. The molecule has 0 aliphatic heterocycles. The van der Waals surface area contributed by atoms with Gasteiger partial charge in [0.05, 0.1) is 0 Å². The monoisotopic (exact) mass is 285 g/mol. The lowest BCUT2D eigenvalue weighted by atomic mass is 10.0. The van der Waals surface area contributed by atoms with Crippen molar-refractivity contribution >= 4 is 5.91 Å². The molecule has 0 saturated carbocycles. The van der Waals surface area contributed by atoms with Gasteiger partial charge in [-0.05, 0) is 34.2 Å². The van der Waals surface area contributed by atoms with E-state index in [1.165, 1.54) is 0 Å². The van der Waals surface area contributed by atoms with Gasteiger partial charge in [-0.1, -0.05) is 19.0 Å². The molecule has 20 heavy (non-hydrogen) atoms. The summed E-state index contributed by atoms with van der Waals surface area (Å²) in [5, 5.41) is 18.6. The topological polar surface area (TPSA) is 87.4 Å². The van der Waals surface area contributed by atoms with Gasteiger partial charge in [0.25, 0.3) is 5.91 Å². The molecule has 0 unspecified atom stereocenters. The van der Waals surface area contributed by atoms with E-state index < -0.39 is 0 Å². The lowest BCUT2D eigenvalue weighted by Gasteiger charge is -2.23. The average Bonchev–Trinajstić information content (AvgIpc) is 2.82. The molecule has 1 amide bonds. The standard InChI is InChI=1S/C12H21N3O3.C2H6/c1-8-9(7-16)18-15-10(8)11(17)14-6-5-12(2,3)13-4;1-2/h13,16H,5-7H2,1-4H3,(H,14,17);1-2H3. The van der Waals surface area contributed by atoms with Crippen molar-refractivity contribution in [2.45, 2.75) is 53.2 Å². The Morgan fingerprint density at radius 3 is 2.45 bits per heavy atom. The zero-order valence-electron chi connectivity index (χ0n) is 13.3. The minimum atomic E-state index is -0.275. The highest BCUT2D eigenvalue weighted by Gasteiger charge is 2.19. The van der Waals surface area contributed by atoms with Crippen molar-refractivity contribution in [1.29, 1.82) is 0 Å². The maximum Gasteiger partial charge on any atom is 0.273 e. The van der Waals surface area contributed by atoms with Crippen molar-refractivity contribution in [3.05, 3.63) is 17.0 Å². The van der Waals surface area contributed by atoms with E-state index in [-0.39, 0.29) is 23.7 Å². The summed E-state index contributed by atoms with van der Waals surface area (Å²) in [6, 6.07) is 0. The van der Waals surface area contributed by atoms with E-state index in [2.05, 4.69) is 29.6 Å². The lowest BCUT2D eigenvalue weighted by molar-refractivity contribution is 0.0940. The molecule has 1 aromatic heterocycles. The molecule has 0 aliphatic carbocycles. The van der Waals surface area contributed by atoms with Crippen LogP contribution in [0.4, 0.5) is 0 Å². The molecule has 6 heteroatoms. The van der Waals surface area contributed by atoms with Crippen LogP contribution in [0.2, 0.25) is 0 Å². The Morgan fingerprint density at radius 1 is 1.40 bits per heavy atom. The molecule has 3 N–H and O–H groups in total. The Balaban J connectivity index is 0.00000172. The Labute approximate surface area is 120 Å². The van der Waals surface area contributed by atoms with E-state index in [0.717, 1.165) is 6.42 Å². The van der Waals surface area contributed by atoms with Crippen molar-refractivity contribution in [3.8, 4) is 0 Å². The van der Waals surface area contributed by atoms with Crippen LogP contribution < -0.4 is 10.6 Å². The molecular formula is C14H27N3O3. The van der Waals surface area contributed by atoms with Crippen LogP contribution in [0, 0.1) is 6.92 Å². The Hall–Kier alpha value is -1.40. The third kappa shape index (κ3) is 5.30. The number of carbonyl (C=O) groups excluding carboxylic acids is 1. The molecule has 0 saturated heterocycles. The van der Waals surface area contributed by atoms with Crippen LogP contribution in [0.25, 0.3) is 0 Å². The average molecular weight is 285 g/mol. The van der Waals surface area contributed by atoms with Gasteiger partial charge in [0.15, 0.2) is 11.5 Å². The van der Waals surface area contributed by atoms with Crippen molar-refractivity contribution in [1.82, 2.24) is 15.8 Å². The van der Waals surface area contributed by atoms with Crippen LogP contribution in [-0.4, -0.2) is 35.3 Å². The predicted octanol–water partition coefficient (Wildman–Crippen LogP) is 1.62. The maximum atomic E-state index is 11.8. The molecule has 0 fully saturated rings. The van der Waals surface area contributed by atoms with Crippen molar-refractivity contribution in [3.63, 3.8) is 0 Å². The second-order valence-corrected chi connectivity index (χ2v) is 4.88. The molecule has 0 atom stereocenters. The third-order valence-electron chi connectivity index (χ3n) is 3.09. The number of aromatic nitrogens is 1. The fourth-order valence-corrected chi connectivity index (χ4v) is 1.43. The van der Waals surface area contributed by atoms with Gasteiger partial charge in [-0.25, -0.2) is 0 Å². The largest absolute Gasteiger partial charge is 0.388 e. The first-order chi connectivity index (χ1) is 9.41. The molecule has 1 aromatic rings. The summed E-state index contributed by atoms with van der Waals surface area (Å²) in [7, 11) is 1.89. The Kier molecular flexibility index (Phi) is 8.10. The summed E-state index contributed by atoms with van der Waals surface area (Å²) in [4.78, 5) is 11.8. The number of hydrogen-bond donors (Lipinski definition) is 3. The first-order valence-electron chi connectivity index (χ1n) is 6.94. The number of aliphatic hydroxyl groups is 1. The summed E-state index contributed by atoms with van der Waals surface area (Å²) < 4.78 is 4.86. The van der Waals surface area contributed by atoms with Crippen molar-refractivity contribution in [2.24, 2.45) is 0 Å². The summed E-state index contributed by atoms with van der Waals surface area (Å²) in [5.74, 6) is 0.0542. The SMILES string of the molecule is CC.CNC(C)(C)CCNC(=O)c1noc(CO)c1C.